The van der Waals surface area contributed by atoms with E-state index in [1.54, 1.807) is 50.2 Å². The molecule has 2 aromatic carbocycles. The number of ether oxygens (including phenoxy) is 2. The molecule has 0 aliphatic carbocycles. The minimum atomic E-state index is -0.650. The van der Waals surface area contributed by atoms with Gasteiger partial charge >= 0.3 is 5.97 Å². The van der Waals surface area contributed by atoms with E-state index in [0.717, 1.165) is 31.5 Å². The lowest BCUT2D eigenvalue weighted by Crippen LogP contribution is -2.45. The molecule has 1 saturated heterocycles. The summed E-state index contributed by atoms with van der Waals surface area (Å²) in [5, 5.41) is 22.1. The van der Waals surface area contributed by atoms with Crippen LogP contribution in [-0.2, 0) is 14.3 Å². The Balaban J connectivity index is 1.41. The maximum absolute atomic E-state index is 12.7. The van der Waals surface area contributed by atoms with Crippen molar-refractivity contribution in [2.24, 2.45) is 5.10 Å². The number of amides is 1. The number of rotatable bonds is 10. The van der Waals surface area contributed by atoms with Gasteiger partial charge in [0.1, 0.15) is 5.75 Å². The number of likely N-dealkylation sites (tertiary alicyclic amines) is 1. The van der Waals surface area contributed by atoms with Crippen LogP contribution < -0.4 is 20.8 Å². The number of nitrogens with zero attached hydrogens (tertiary/aromatic N) is 3. The van der Waals surface area contributed by atoms with Crippen LogP contribution in [-0.4, -0.2) is 66.4 Å². The van der Waals surface area contributed by atoms with Crippen molar-refractivity contribution in [2.75, 3.05) is 33.4 Å². The lowest BCUT2D eigenvalue weighted by molar-refractivity contribution is -0.385. The Bertz CT molecular complexity index is 1420. The van der Waals surface area contributed by atoms with E-state index in [2.05, 4.69) is 26.1 Å². The molecule has 0 aromatic heterocycles. The fourth-order valence-corrected chi connectivity index (χ4v) is 5.35. The molecule has 4 rings (SSSR count). The molecule has 12 nitrogen and oxygen atoms in total. The number of hydrazone groups is 1. The number of allylic oxidation sites excluding steroid dienone is 1. The topological polar surface area (TPSA) is 147 Å². The highest BCUT2D eigenvalue weighted by Crippen LogP contribution is 2.35. The van der Waals surface area contributed by atoms with E-state index in [-0.39, 0.29) is 29.7 Å². The molecule has 3 N–H and O–H groups in total. The van der Waals surface area contributed by atoms with Crippen LogP contribution in [0.15, 0.2) is 58.8 Å². The van der Waals surface area contributed by atoms with Gasteiger partial charge in [-0.1, -0.05) is 30.3 Å². The number of nitro groups is 1. The Morgan fingerprint density at radius 2 is 1.95 bits per heavy atom. The summed E-state index contributed by atoms with van der Waals surface area (Å²) in [6, 6.07) is 11.3. The maximum Gasteiger partial charge on any atom is 0.338 e. The Kier molecular flexibility index (Phi) is 10.2. The zero-order valence-electron chi connectivity index (χ0n) is 23.7. The third-order valence-electron chi connectivity index (χ3n) is 7.17. The van der Waals surface area contributed by atoms with E-state index < -0.39 is 17.9 Å². The van der Waals surface area contributed by atoms with Gasteiger partial charge in [0.2, 0.25) is 0 Å². The fraction of sp³-hybridized carbons (Fsp3) is 0.379. The van der Waals surface area contributed by atoms with Crippen LogP contribution >= 0.6 is 12.2 Å². The third-order valence-corrected chi connectivity index (χ3v) is 7.39. The van der Waals surface area contributed by atoms with Gasteiger partial charge in [0, 0.05) is 28.5 Å². The molecule has 0 radical (unpaired) electrons. The van der Waals surface area contributed by atoms with Crippen LogP contribution in [0.25, 0.3) is 0 Å². The smallest absolute Gasteiger partial charge is 0.338 e. The third kappa shape index (κ3) is 7.47. The van der Waals surface area contributed by atoms with Gasteiger partial charge in [-0.15, -0.1) is 0 Å². The molecule has 1 fully saturated rings. The summed E-state index contributed by atoms with van der Waals surface area (Å²) in [4.78, 5) is 38.9. The number of esters is 1. The predicted molar refractivity (Wildman–Crippen MR) is 161 cm³/mol. The number of piperidine rings is 1. The second-order valence-corrected chi connectivity index (χ2v) is 10.5. The van der Waals surface area contributed by atoms with Crippen LogP contribution in [0.3, 0.4) is 0 Å². The first-order valence-corrected chi connectivity index (χ1v) is 14.0. The molecular weight excluding hydrogens is 560 g/mol. The first-order chi connectivity index (χ1) is 20.2. The van der Waals surface area contributed by atoms with Gasteiger partial charge in [0.25, 0.3) is 11.6 Å². The number of thiocarbonyl (C=S) groups is 1. The second-order valence-electron chi connectivity index (χ2n) is 10.1. The summed E-state index contributed by atoms with van der Waals surface area (Å²) >= 11 is 5.30. The molecule has 2 aliphatic heterocycles. The molecule has 0 bridgehead atoms. The maximum atomic E-state index is 12.7. The number of benzene rings is 2. The van der Waals surface area contributed by atoms with Gasteiger partial charge in [-0.3, -0.25) is 14.9 Å². The van der Waals surface area contributed by atoms with Crippen molar-refractivity contribution >= 4 is 41.1 Å². The number of nitro benzene ring substituents is 1. The molecule has 0 unspecified atom stereocenters. The predicted octanol–water partition coefficient (Wildman–Crippen LogP) is 3.29. The lowest BCUT2D eigenvalue weighted by Gasteiger charge is -2.30. The summed E-state index contributed by atoms with van der Waals surface area (Å²) in [7, 11) is 2.05. The van der Waals surface area contributed by atoms with E-state index >= 15 is 0 Å². The van der Waals surface area contributed by atoms with E-state index in [4.69, 9.17) is 21.7 Å². The van der Waals surface area contributed by atoms with Crippen LogP contribution in [0.4, 0.5) is 5.69 Å². The fourth-order valence-electron chi connectivity index (χ4n) is 5.08. The lowest BCUT2D eigenvalue weighted by atomic mass is 9.88. The first-order valence-electron chi connectivity index (χ1n) is 13.6. The van der Waals surface area contributed by atoms with Gasteiger partial charge in [-0.2, -0.15) is 5.10 Å². The number of nitrogens with one attached hydrogen (secondary N) is 3. The van der Waals surface area contributed by atoms with Crippen LogP contribution in [0, 0.1) is 10.1 Å². The van der Waals surface area contributed by atoms with Gasteiger partial charge in [0.05, 0.1) is 29.4 Å². The molecular formula is C29H34N6O6S. The summed E-state index contributed by atoms with van der Waals surface area (Å²) in [5.74, 6) is -0.530. The average Bonchev–Trinajstić information content (AvgIpc) is 2.96. The van der Waals surface area contributed by atoms with Crippen molar-refractivity contribution in [3.8, 4) is 5.75 Å². The molecule has 2 aromatic rings. The number of carbonyl (C=O) groups is 2. The van der Waals surface area contributed by atoms with Gasteiger partial charge in [0.15, 0.2) is 11.7 Å². The number of hydrogen-bond donors (Lipinski definition) is 3. The van der Waals surface area contributed by atoms with Crippen molar-refractivity contribution in [3.05, 3.63) is 80.5 Å². The van der Waals surface area contributed by atoms with Gasteiger partial charge in [-0.05, 0) is 71.0 Å². The van der Waals surface area contributed by atoms with Gasteiger partial charge < -0.3 is 25.0 Å². The zero-order chi connectivity index (χ0) is 30.2. The summed E-state index contributed by atoms with van der Waals surface area (Å²) in [6.07, 6.45) is 3.09. The molecule has 2 heterocycles. The molecule has 1 amide bonds. The SMILES string of the molecule is CCOC(=O)C1=C(C)NC(=S)N[C@@H]1c1ccccc1OCC(=O)NN=Cc1ccc(C2CCN(C)CC2)c([N+](=O)[O-])c1. The minimum Gasteiger partial charge on any atom is -0.483 e. The quantitative estimate of drug-likeness (QED) is 0.123. The summed E-state index contributed by atoms with van der Waals surface area (Å²) in [5.41, 5.74) is 5.17. The highest BCUT2D eigenvalue weighted by Gasteiger charge is 2.32. The van der Waals surface area contributed by atoms with Crippen LogP contribution in [0.2, 0.25) is 0 Å². The van der Waals surface area contributed by atoms with Crippen molar-refractivity contribution in [1.82, 2.24) is 21.0 Å². The number of para-hydroxylation sites is 1. The molecule has 0 saturated carbocycles. The highest BCUT2D eigenvalue weighted by atomic mass is 32.1. The standard InChI is InChI=1S/C29H34N6O6S/c1-4-40-28(37)26-18(2)31-29(42)32-27(26)22-7-5-6-8-24(22)41-17-25(36)33-30-16-19-9-10-21(23(15-19)35(38)39)20-11-13-34(3)14-12-20/h5-10,15-16,20,27H,4,11-14,17H2,1-3H3,(H,33,36)(H2,31,32,42)/t27-/m1/s1. The van der Waals surface area contributed by atoms with Crippen LogP contribution in [0.1, 0.15) is 55.3 Å². The van der Waals surface area contributed by atoms with Gasteiger partial charge in [-0.25, -0.2) is 10.2 Å². The summed E-state index contributed by atoms with van der Waals surface area (Å²) in [6.45, 7) is 5.10. The molecule has 42 heavy (non-hydrogen) atoms. The zero-order valence-corrected chi connectivity index (χ0v) is 24.5. The normalized spacial score (nSPS) is 17.9. The van der Waals surface area contributed by atoms with E-state index in [1.807, 2.05) is 7.05 Å². The Hall–Kier alpha value is -4.36. The highest BCUT2D eigenvalue weighted by molar-refractivity contribution is 7.80. The van der Waals surface area contributed by atoms with Crippen molar-refractivity contribution in [2.45, 2.75) is 38.6 Å². The Morgan fingerprint density at radius 1 is 1.21 bits per heavy atom. The molecule has 2 aliphatic rings. The van der Waals surface area contributed by atoms with Crippen molar-refractivity contribution in [3.63, 3.8) is 0 Å². The molecule has 222 valence electrons. The van der Waals surface area contributed by atoms with E-state index in [1.165, 1.54) is 12.3 Å². The molecule has 0 spiro atoms. The first kappa shape index (κ1) is 30.6. The summed E-state index contributed by atoms with van der Waals surface area (Å²) < 4.78 is 11.0. The Labute approximate surface area is 249 Å². The Morgan fingerprint density at radius 3 is 2.67 bits per heavy atom. The van der Waals surface area contributed by atoms with E-state index in [9.17, 15) is 19.7 Å². The van der Waals surface area contributed by atoms with Crippen molar-refractivity contribution in [1.29, 1.82) is 0 Å². The van der Waals surface area contributed by atoms with Crippen LogP contribution in [0.5, 0.6) is 5.75 Å². The average molecular weight is 595 g/mol. The van der Waals surface area contributed by atoms with E-state index in [0.29, 0.717) is 33.3 Å². The largest absolute Gasteiger partial charge is 0.483 e. The second kappa shape index (κ2) is 14.0. The monoisotopic (exact) mass is 594 g/mol. The minimum absolute atomic E-state index is 0.0530. The molecule has 13 heteroatoms. The number of hydrogen-bond acceptors (Lipinski definition) is 9. The van der Waals surface area contributed by atoms with Crippen molar-refractivity contribution < 1.29 is 24.0 Å². The molecule has 1 atom stereocenters. The number of carbonyl (C=O) groups excluding carboxylic acids is 2.